The molecule has 1 aromatic heterocycles. The first-order valence-corrected chi connectivity index (χ1v) is 4.10. The molecule has 68 valence electrons. The fourth-order valence-electron chi connectivity index (χ4n) is 0.992. The van der Waals surface area contributed by atoms with E-state index in [2.05, 4.69) is 4.98 Å². The summed E-state index contributed by atoms with van der Waals surface area (Å²) >= 11 is 0.787. The molecule has 2 N–H and O–H groups in total. The van der Waals surface area contributed by atoms with Gasteiger partial charge < -0.3 is 5.73 Å². The van der Waals surface area contributed by atoms with Gasteiger partial charge in [0, 0.05) is 6.07 Å². The summed E-state index contributed by atoms with van der Waals surface area (Å²) < 4.78 is 38.2. The van der Waals surface area contributed by atoms with Gasteiger partial charge in [0.05, 0.1) is 10.2 Å². The van der Waals surface area contributed by atoms with E-state index in [9.17, 15) is 13.2 Å². The molecule has 0 saturated carbocycles. The average Bonchev–Trinajstić information content (AvgIpc) is 2.42. The van der Waals surface area contributed by atoms with Gasteiger partial charge in [-0.25, -0.2) is 18.2 Å². The number of aromatic nitrogens is 1. The van der Waals surface area contributed by atoms with Crippen molar-refractivity contribution in [3.05, 3.63) is 23.5 Å². The number of nitrogen functional groups attached to an aromatic ring is 1. The second-order valence-electron chi connectivity index (χ2n) is 2.39. The average molecular weight is 204 g/mol. The van der Waals surface area contributed by atoms with Gasteiger partial charge in [0.1, 0.15) is 0 Å². The Kier molecular flexibility index (Phi) is 1.66. The van der Waals surface area contributed by atoms with E-state index in [0.29, 0.717) is 0 Å². The zero-order chi connectivity index (χ0) is 9.59. The molecule has 0 atom stereocenters. The highest BCUT2D eigenvalue weighted by Crippen LogP contribution is 2.29. The van der Waals surface area contributed by atoms with E-state index in [-0.39, 0.29) is 15.3 Å². The molecular formula is C7H3F3N2S. The highest BCUT2D eigenvalue weighted by Gasteiger charge is 2.16. The van der Waals surface area contributed by atoms with E-state index in [1.807, 2.05) is 0 Å². The summed E-state index contributed by atoms with van der Waals surface area (Å²) in [6.07, 6.45) is 0. The van der Waals surface area contributed by atoms with Crippen LogP contribution in [0.25, 0.3) is 10.2 Å². The Morgan fingerprint density at radius 3 is 2.62 bits per heavy atom. The van der Waals surface area contributed by atoms with Gasteiger partial charge >= 0.3 is 0 Å². The summed E-state index contributed by atoms with van der Waals surface area (Å²) in [7, 11) is 0. The first-order valence-electron chi connectivity index (χ1n) is 3.29. The van der Waals surface area contributed by atoms with Crippen LogP contribution < -0.4 is 5.73 Å². The molecule has 0 aliphatic rings. The molecule has 1 heterocycles. The lowest BCUT2D eigenvalue weighted by atomic mass is 10.3. The fraction of sp³-hybridized carbons (Fsp3) is 0. The smallest absolute Gasteiger partial charge is 0.196 e. The number of fused-ring (bicyclic) bond motifs is 1. The number of nitrogens with two attached hydrogens (primary N) is 1. The number of nitrogens with zero attached hydrogens (tertiary/aromatic N) is 1. The standard InChI is InChI=1S/C7H3F3N2S/c8-2-1-3-6(5(10)4(2)9)13-7(11)12-3/h1H,(H2,11,12). The van der Waals surface area contributed by atoms with Crippen LogP contribution in [0, 0.1) is 17.5 Å². The van der Waals surface area contributed by atoms with Crippen LogP contribution in [0.3, 0.4) is 0 Å². The molecule has 0 bridgehead atoms. The molecule has 0 aliphatic heterocycles. The Balaban J connectivity index is 2.92. The van der Waals surface area contributed by atoms with E-state index in [1.54, 1.807) is 0 Å². The molecule has 1 aromatic carbocycles. The Morgan fingerprint density at radius 2 is 1.92 bits per heavy atom. The number of halogens is 3. The maximum atomic E-state index is 13.0. The van der Waals surface area contributed by atoms with E-state index in [4.69, 9.17) is 5.73 Å². The normalized spacial score (nSPS) is 11.0. The Bertz CT molecular complexity index is 480. The second kappa shape index (κ2) is 2.59. The molecular weight excluding hydrogens is 201 g/mol. The Morgan fingerprint density at radius 1 is 1.23 bits per heavy atom. The van der Waals surface area contributed by atoms with Gasteiger partial charge in [0.25, 0.3) is 0 Å². The van der Waals surface area contributed by atoms with Crippen molar-refractivity contribution < 1.29 is 13.2 Å². The molecule has 0 amide bonds. The predicted molar refractivity (Wildman–Crippen MR) is 43.9 cm³/mol. The monoisotopic (exact) mass is 204 g/mol. The first-order chi connectivity index (χ1) is 6.09. The van der Waals surface area contributed by atoms with E-state index in [1.165, 1.54) is 0 Å². The van der Waals surface area contributed by atoms with Crippen molar-refractivity contribution in [3.63, 3.8) is 0 Å². The van der Waals surface area contributed by atoms with Crippen LogP contribution in [0.5, 0.6) is 0 Å². The Hall–Kier alpha value is -1.30. The molecule has 0 saturated heterocycles. The lowest BCUT2D eigenvalue weighted by molar-refractivity contribution is 0.454. The van der Waals surface area contributed by atoms with E-state index < -0.39 is 17.5 Å². The van der Waals surface area contributed by atoms with Gasteiger partial charge in [-0.05, 0) is 0 Å². The van der Waals surface area contributed by atoms with E-state index in [0.717, 1.165) is 17.4 Å². The summed E-state index contributed by atoms with van der Waals surface area (Å²) in [5, 5.41) is 0.0823. The minimum Gasteiger partial charge on any atom is -0.375 e. The van der Waals surface area contributed by atoms with Crippen molar-refractivity contribution in [3.8, 4) is 0 Å². The maximum absolute atomic E-state index is 13.0. The van der Waals surface area contributed by atoms with Gasteiger partial charge in [0.2, 0.25) is 0 Å². The topological polar surface area (TPSA) is 38.9 Å². The van der Waals surface area contributed by atoms with Crippen molar-refractivity contribution in [2.45, 2.75) is 0 Å². The molecule has 13 heavy (non-hydrogen) atoms. The van der Waals surface area contributed by atoms with Crippen LogP contribution in [0.15, 0.2) is 6.07 Å². The van der Waals surface area contributed by atoms with Crippen LogP contribution in [0.2, 0.25) is 0 Å². The van der Waals surface area contributed by atoms with Gasteiger partial charge in [-0.3, -0.25) is 0 Å². The van der Waals surface area contributed by atoms with Crippen LogP contribution >= 0.6 is 11.3 Å². The largest absolute Gasteiger partial charge is 0.375 e. The highest BCUT2D eigenvalue weighted by molar-refractivity contribution is 7.22. The molecule has 0 radical (unpaired) electrons. The minimum absolute atomic E-state index is 0.0406. The van der Waals surface area contributed by atoms with Crippen molar-refractivity contribution in [2.75, 3.05) is 5.73 Å². The number of hydrogen-bond acceptors (Lipinski definition) is 3. The third kappa shape index (κ3) is 1.14. The van der Waals surface area contributed by atoms with Crippen LogP contribution in [0.4, 0.5) is 18.3 Å². The maximum Gasteiger partial charge on any atom is 0.196 e. The number of rotatable bonds is 0. The van der Waals surface area contributed by atoms with Gasteiger partial charge in [-0.15, -0.1) is 0 Å². The Labute approximate surface area is 74.8 Å². The number of anilines is 1. The summed E-state index contributed by atoms with van der Waals surface area (Å²) in [5.41, 5.74) is 5.30. The fourth-order valence-corrected chi connectivity index (χ4v) is 1.73. The molecule has 0 unspecified atom stereocenters. The molecule has 0 spiro atoms. The lowest BCUT2D eigenvalue weighted by Crippen LogP contribution is -1.89. The summed E-state index contributed by atoms with van der Waals surface area (Å²) in [4.78, 5) is 3.63. The molecule has 2 rings (SSSR count). The zero-order valence-electron chi connectivity index (χ0n) is 6.14. The van der Waals surface area contributed by atoms with Crippen molar-refractivity contribution >= 4 is 26.7 Å². The van der Waals surface area contributed by atoms with Crippen LogP contribution in [-0.4, -0.2) is 4.98 Å². The summed E-state index contributed by atoms with van der Waals surface area (Å²) in [6, 6.07) is 0.820. The number of benzene rings is 1. The molecule has 2 nitrogen and oxygen atoms in total. The quantitative estimate of drug-likeness (QED) is 0.668. The summed E-state index contributed by atoms with van der Waals surface area (Å²) in [6.45, 7) is 0. The van der Waals surface area contributed by atoms with Crippen LogP contribution in [0.1, 0.15) is 0 Å². The van der Waals surface area contributed by atoms with Gasteiger partial charge in [-0.2, -0.15) is 0 Å². The second-order valence-corrected chi connectivity index (χ2v) is 3.42. The van der Waals surface area contributed by atoms with Gasteiger partial charge in [-0.1, -0.05) is 11.3 Å². The zero-order valence-corrected chi connectivity index (χ0v) is 6.96. The highest BCUT2D eigenvalue weighted by atomic mass is 32.1. The third-order valence-electron chi connectivity index (χ3n) is 1.54. The molecule has 6 heteroatoms. The lowest BCUT2D eigenvalue weighted by Gasteiger charge is -1.94. The number of hydrogen-bond donors (Lipinski definition) is 1. The predicted octanol–water partition coefficient (Wildman–Crippen LogP) is 2.30. The number of thiazole rings is 1. The summed E-state index contributed by atoms with van der Waals surface area (Å²) in [5.74, 6) is -3.98. The molecule has 0 aliphatic carbocycles. The third-order valence-corrected chi connectivity index (χ3v) is 2.43. The van der Waals surface area contributed by atoms with Gasteiger partial charge in [0.15, 0.2) is 22.6 Å². The first kappa shape index (κ1) is 8.31. The van der Waals surface area contributed by atoms with Crippen molar-refractivity contribution in [2.24, 2.45) is 0 Å². The SMILES string of the molecule is Nc1nc2cc(F)c(F)c(F)c2s1. The molecule has 0 fully saturated rings. The van der Waals surface area contributed by atoms with E-state index >= 15 is 0 Å². The molecule has 2 aromatic rings. The van der Waals surface area contributed by atoms with Crippen LogP contribution in [-0.2, 0) is 0 Å². The van der Waals surface area contributed by atoms with Crippen molar-refractivity contribution in [1.82, 2.24) is 4.98 Å². The minimum atomic E-state index is -1.49. The van der Waals surface area contributed by atoms with Crippen molar-refractivity contribution in [1.29, 1.82) is 0 Å².